The molecule has 7 heteroatoms. The predicted octanol–water partition coefficient (Wildman–Crippen LogP) is -1.81. The number of amides is 3. The van der Waals surface area contributed by atoms with Crippen LogP contribution in [-0.2, 0) is 14.3 Å². The van der Waals surface area contributed by atoms with Crippen LogP contribution in [-0.4, -0.2) is 51.0 Å². The van der Waals surface area contributed by atoms with Crippen molar-refractivity contribution in [3.8, 4) is 0 Å². The molecule has 7 nitrogen and oxygen atoms in total. The summed E-state index contributed by atoms with van der Waals surface area (Å²) < 4.78 is 10.5. The Hall–Kier alpha value is -1.18. The van der Waals surface area contributed by atoms with Gasteiger partial charge < -0.3 is 20.5 Å². The molecule has 0 aromatic carbocycles. The fourth-order valence-electron chi connectivity index (χ4n) is 1.18. The Morgan fingerprint density at radius 3 is 2.80 bits per heavy atom. The van der Waals surface area contributed by atoms with Crippen LogP contribution < -0.4 is 16.4 Å². The van der Waals surface area contributed by atoms with Gasteiger partial charge in [-0.1, -0.05) is 0 Å². The number of urea groups is 1. The number of primary amides is 1. The highest BCUT2D eigenvalue weighted by atomic mass is 16.6. The van der Waals surface area contributed by atoms with Gasteiger partial charge in [0.25, 0.3) is 0 Å². The number of rotatable bonds is 4. The summed E-state index contributed by atoms with van der Waals surface area (Å²) in [6.45, 7) is 2.23. The van der Waals surface area contributed by atoms with E-state index in [0.717, 1.165) is 0 Å². The van der Waals surface area contributed by atoms with Crippen LogP contribution in [0, 0.1) is 0 Å². The van der Waals surface area contributed by atoms with Crippen molar-refractivity contribution in [2.24, 2.45) is 5.73 Å². The Labute approximate surface area is 87.3 Å². The Bertz CT molecular complexity index is 228. The van der Waals surface area contributed by atoms with Crippen molar-refractivity contribution >= 4 is 11.9 Å². The van der Waals surface area contributed by atoms with Crippen molar-refractivity contribution in [1.29, 1.82) is 0 Å². The average molecular weight is 217 g/mol. The molecule has 86 valence electrons. The summed E-state index contributed by atoms with van der Waals surface area (Å²) in [7, 11) is 0. The van der Waals surface area contributed by atoms with E-state index in [4.69, 9.17) is 15.2 Å². The van der Waals surface area contributed by atoms with Gasteiger partial charge in [0.1, 0.15) is 0 Å². The first kappa shape index (κ1) is 11.9. The summed E-state index contributed by atoms with van der Waals surface area (Å²) in [5.74, 6) is -0.459. The largest absolute Gasteiger partial charge is 0.376 e. The molecule has 0 aromatic heterocycles. The van der Waals surface area contributed by atoms with Crippen molar-refractivity contribution < 1.29 is 19.1 Å². The molecule has 1 fully saturated rings. The van der Waals surface area contributed by atoms with Crippen molar-refractivity contribution in [2.45, 2.75) is 6.10 Å². The van der Waals surface area contributed by atoms with E-state index in [1.807, 2.05) is 5.32 Å². The highest BCUT2D eigenvalue weighted by Crippen LogP contribution is 1.98. The van der Waals surface area contributed by atoms with E-state index >= 15 is 0 Å². The maximum atomic E-state index is 10.9. The molecule has 1 unspecified atom stereocenters. The summed E-state index contributed by atoms with van der Waals surface area (Å²) in [5.41, 5.74) is 4.76. The average Bonchev–Trinajstić information content (AvgIpc) is 2.18. The topological polar surface area (TPSA) is 103 Å². The van der Waals surface area contributed by atoms with E-state index in [0.29, 0.717) is 26.4 Å². The predicted molar refractivity (Wildman–Crippen MR) is 51.2 cm³/mol. The number of nitrogens with two attached hydrogens (primary N) is 1. The summed E-state index contributed by atoms with van der Waals surface area (Å²) in [4.78, 5) is 21.2. The number of hydrogen-bond donors (Lipinski definition) is 3. The normalized spacial score (nSPS) is 20.9. The number of carbonyl (C=O) groups is 2. The van der Waals surface area contributed by atoms with Gasteiger partial charge in [-0.15, -0.1) is 0 Å². The zero-order valence-electron chi connectivity index (χ0n) is 8.32. The highest BCUT2D eigenvalue weighted by Gasteiger charge is 2.14. The summed E-state index contributed by atoms with van der Waals surface area (Å²) in [5, 5.41) is 4.78. The molecule has 15 heavy (non-hydrogen) atoms. The lowest BCUT2D eigenvalue weighted by molar-refractivity contribution is -0.119. The van der Waals surface area contributed by atoms with Crippen LogP contribution in [0.2, 0.25) is 0 Å². The Morgan fingerprint density at radius 2 is 2.20 bits per heavy atom. The third-order valence-corrected chi connectivity index (χ3v) is 1.81. The minimum Gasteiger partial charge on any atom is -0.376 e. The first-order chi connectivity index (χ1) is 7.18. The number of carbonyl (C=O) groups excluding carboxylic acids is 2. The molecule has 0 bridgehead atoms. The van der Waals surface area contributed by atoms with Crippen LogP contribution in [0.3, 0.4) is 0 Å². The third-order valence-electron chi connectivity index (χ3n) is 1.81. The molecule has 1 aliphatic heterocycles. The van der Waals surface area contributed by atoms with Gasteiger partial charge >= 0.3 is 6.03 Å². The van der Waals surface area contributed by atoms with Gasteiger partial charge in [0.2, 0.25) is 5.91 Å². The van der Waals surface area contributed by atoms with Crippen LogP contribution in [0.25, 0.3) is 0 Å². The standard InChI is InChI=1S/C8H15N3O4/c9-8(13)11-7(12)4-10-3-6-5-14-1-2-15-6/h6,10H,1-5H2,(H3,9,11,12,13). The van der Waals surface area contributed by atoms with Crippen LogP contribution in [0.4, 0.5) is 4.79 Å². The number of hydrogen-bond acceptors (Lipinski definition) is 5. The Kier molecular flexibility index (Phi) is 5.02. The number of imide groups is 1. The summed E-state index contributed by atoms with van der Waals surface area (Å²) >= 11 is 0. The summed E-state index contributed by atoms with van der Waals surface area (Å²) in [6, 6.07) is -0.848. The van der Waals surface area contributed by atoms with Gasteiger partial charge in [-0.25, -0.2) is 4.79 Å². The minimum absolute atomic E-state index is 0.0306. The quantitative estimate of drug-likeness (QED) is 0.515. The van der Waals surface area contributed by atoms with Crippen LogP contribution >= 0.6 is 0 Å². The van der Waals surface area contributed by atoms with Gasteiger partial charge in [-0.2, -0.15) is 0 Å². The molecule has 0 radical (unpaired) electrons. The fraction of sp³-hybridized carbons (Fsp3) is 0.750. The van der Waals surface area contributed by atoms with Gasteiger partial charge in [0.05, 0.1) is 32.5 Å². The van der Waals surface area contributed by atoms with Crippen molar-refractivity contribution in [3.05, 3.63) is 0 Å². The monoisotopic (exact) mass is 217 g/mol. The molecule has 1 saturated heterocycles. The lowest BCUT2D eigenvalue weighted by Gasteiger charge is -2.22. The first-order valence-corrected chi connectivity index (χ1v) is 4.68. The summed E-state index contributed by atoms with van der Waals surface area (Å²) in [6.07, 6.45) is -0.0415. The highest BCUT2D eigenvalue weighted by molar-refractivity contribution is 5.94. The van der Waals surface area contributed by atoms with E-state index in [1.165, 1.54) is 0 Å². The fourth-order valence-corrected chi connectivity index (χ4v) is 1.18. The molecule has 4 N–H and O–H groups in total. The Balaban J connectivity index is 2.04. The molecule has 0 spiro atoms. The van der Waals surface area contributed by atoms with E-state index in [2.05, 4.69) is 5.32 Å². The lowest BCUT2D eigenvalue weighted by Crippen LogP contribution is -2.44. The molecule has 0 aromatic rings. The molecule has 0 saturated carbocycles. The van der Waals surface area contributed by atoms with Crippen LogP contribution in [0.5, 0.6) is 0 Å². The lowest BCUT2D eigenvalue weighted by atomic mass is 10.3. The SMILES string of the molecule is NC(=O)NC(=O)CNCC1COCCO1. The van der Waals surface area contributed by atoms with Gasteiger partial charge in [0, 0.05) is 6.54 Å². The van der Waals surface area contributed by atoms with E-state index < -0.39 is 11.9 Å². The molecule has 1 heterocycles. The second kappa shape index (κ2) is 6.33. The van der Waals surface area contributed by atoms with E-state index in [9.17, 15) is 9.59 Å². The molecule has 1 rings (SSSR count). The van der Waals surface area contributed by atoms with Crippen molar-refractivity contribution in [1.82, 2.24) is 10.6 Å². The van der Waals surface area contributed by atoms with Crippen molar-refractivity contribution in [2.75, 3.05) is 32.9 Å². The molecular weight excluding hydrogens is 202 g/mol. The molecule has 1 aliphatic rings. The molecule has 1 atom stereocenters. The number of ether oxygens (including phenoxy) is 2. The number of nitrogens with one attached hydrogen (secondary N) is 2. The molecule has 0 aliphatic carbocycles. The first-order valence-electron chi connectivity index (χ1n) is 4.68. The van der Waals surface area contributed by atoms with E-state index in [-0.39, 0.29) is 12.6 Å². The van der Waals surface area contributed by atoms with Gasteiger partial charge in [-0.3, -0.25) is 10.1 Å². The smallest absolute Gasteiger partial charge is 0.318 e. The third kappa shape index (κ3) is 5.31. The van der Waals surface area contributed by atoms with E-state index in [1.54, 1.807) is 0 Å². The second-order valence-corrected chi connectivity index (χ2v) is 3.11. The van der Waals surface area contributed by atoms with Crippen LogP contribution in [0.15, 0.2) is 0 Å². The zero-order chi connectivity index (χ0) is 11.1. The molecular formula is C8H15N3O4. The minimum atomic E-state index is -0.848. The van der Waals surface area contributed by atoms with Crippen LogP contribution in [0.1, 0.15) is 0 Å². The Morgan fingerprint density at radius 1 is 1.40 bits per heavy atom. The maximum Gasteiger partial charge on any atom is 0.318 e. The van der Waals surface area contributed by atoms with Crippen molar-refractivity contribution in [3.63, 3.8) is 0 Å². The molecule has 3 amide bonds. The zero-order valence-corrected chi connectivity index (χ0v) is 8.32. The maximum absolute atomic E-state index is 10.9. The van der Waals surface area contributed by atoms with Gasteiger partial charge in [0.15, 0.2) is 0 Å². The van der Waals surface area contributed by atoms with Gasteiger partial charge in [-0.05, 0) is 0 Å². The second-order valence-electron chi connectivity index (χ2n) is 3.11.